The van der Waals surface area contributed by atoms with Gasteiger partial charge >= 0.3 is 12.4 Å². The number of carbonyl (C=O) groups excluding carboxylic acids is 1. The molecule has 0 fully saturated rings. The summed E-state index contributed by atoms with van der Waals surface area (Å²) in [4.78, 5) is 11.2. The highest BCUT2D eigenvalue weighted by Crippen LogP contribution is 2.39. The highest BCUT2D eigenvalue weighted by molar-refractivity contribution is 6.21. The summed E-state index contributed by atoms with van der Waals surface area (Å²) in [5.41, 5.74) is 0.468. The van der Waals surface area contributed by atoms with Crippen LogP contribution in [-0.4, -0.2) is 24.8 Å². The first-order valence-electron chi connectivity index (χ1n) is 5.63. The Hall–Kier alpha value is -1.44. The molecule has 1 N–H and O–H groups in total. The van der Waals surface area contributed by atoms with Crippen LogP contribution in [0.4, 0.5) is 26.3 Å². The first-order valence-corrected chi connectivity index (χ1v) is 6.07. The first kappa shape index (κ1) is 17.6. The maximum Gasteiger partial charge on any atom is 0.409 e. The summed E-state index contributed by atoms with van der Waals surface area (Å²) in [5.74, 6) is -6.23. The van der Waals surface area contributed by atoms with Crippen molar-refractivity contribution in [1.29, 1.82) is 0 Å². The Morgan fingerprint density at radius 3 is 1.95 bits per heavy atom. The smallest absolute Gasteiger partial charge is 0.353 e. The zero-order chi connectivity index (χ0) is 16.3. The topological polar surface area (TPSA) is 29.1 Å². The Morgan fingerprint density at radius 1 is 1.05 bits per heavy atom. The van der Waals surface area contributed by atoms with E-state index in [0.717, 1.165) is 0 Å². The van der Waals surface area contributed by atoms with Crippen molar-refractivity contribution in [1.82, 2.24) is 5.32 Å². The second kappa shape index (κ2) is 6.55. The maximum absolute atomic E-state index is 12.3. The highest BCUT2D eigenvalue weighted by Gasteiger charge is 2.61. The number of nitrogens with one attached hydrogen (secondary N) is 1. The monoisotopic (exact) mass is 333 g/mol. The Labute approximate surface area is 121 Å². The minimum Gasteiger partial charge on any atom is -0.353 e. The molecule has 1 aromatic rings. The van der Waals surface area contributed by atoms with E-state index in [1.54, 1.807) is 23.5 Å². The van der Waals surface area contributed by atoms with Gasteiger partial charge in [0, 0.05) is 6.54 Å². The number of alkyl halides is 7. The van der Waals surface area contributed by atoms with Crippen LogP contribution in [0.2, 0.25) is 0 Å². The summed E-state index contributed by atoms with van der Waals surface area (Å²) in [6.45, 7) is -0.549. The van der Waals surface area contributed by atoms with Gasteiger partial charge in [0.2, 0.25) is 11.8 Å². The summed E-state index contributed by atoms with van der Waals surface area (Å²) in [6.07, 6.45) is -11.4. The fourth-order valence-electron chi connectivity index (χ4n) is 1.55. The SMILES string of the molecule is O=C(NCC(Cl)c1ccccc1)C(C(F)(F)F)C(F)(F)F. The maximum atomic E-state index is 12.3. The molecule has 21 heavy (non-hydrogen) atoms. The Bertz CT molecular complexity index is 459. The zero-order valence-corrected chi connectivity index (χ0v) is 11.1. The second-order valence-corrected chi connectivity index (χ2v) is 4.67. The molecule has 0 aromatic heterocycles. The van der Waals surface area contributed by atoms with Crippen molar-refractivity contribution in [2.75, 3.05) is 6.54 Å². The van der Waals surface area contributed by atoms with Gasteiger partial charge in [0.25, 0.3) is 0 Å². The van der Waals surface area contributed by atoms with Crippen molar-refractivity contribution >= 4 is 17.5 Å². The van der Waals surface area contributed by atoms with Crippen LogP contribution < -0.4 is 5.32 Å². The van der Waals surface area contributed by atoms with Crippen molar-refractivity contribution in [2.45, 2.75) is 17.7 Å². The molecular formula is C12H10ClF6NO. The zero-order valence-electron chi connectivity index (χ0n) is 10.3. The molecule has 0 aliphatic rings. The Kier molecular flexibility index (Phi) is 5.49. The lowest BCUT2D eigenvalue weighted by Gasteiger charge is -2.22. The molecule has 9 heteroatoms. The van der Waals surface area contributed by atoms with Crippen LogP contribution in [-0.2, 0) is 4.79 Å². The van der Waals surface area contributed by atoms with Gasteiger partial charge in [0.1, 0.15) is 0 Å². The number of carbonyl (C=O) groups is 1. The fourth-order valence-corrected chi connectivity index (χ4v) is 1.78. The predicted octanol–water partition coefficient (Wildman–Crippen LogP) is 3.82. The number of amides is 1. The van der Waals surface area contributed by atoms with Crippen LogP contribution in [0, 0.1) is 5.92 Å². The number of rotatable bonds is 4. The average Bonchev–Trinajstić information content (AvgIpc) is 2.33. The molecule has 1 amide bonds. The second-order valence-electron chi connectivity index (χ2n) is 4.14. The van der Waals surface area contributed by atoms with E-state index in [9.17, 15) is 31.1 Å². The molecule has 0 radical (unpaired) electrons. The van der Waals surface area contributed by atoms with Crippen molar-refractivity contribution in [3.05, 3.63) is 35.9 Å². The standard InChI is InChI=1S/C12H10ClF6NO/c13-8(7-4-2-1-3-5-7)6-20-10(21)9(11(14,15)16)12(17,18)19/h1-5,8-9H,6H2,(H,20,21). The van der Waals surface area contributed by atoms with Gasteiger partial charge in [-0.3, -0.25) is 4.79 Å². The normalized spacial score (nSPS) is 14.1. The number of hydrogen-bond acceptors (Lipinski definition) is 1. The number of hydrogen-bond donors (Lipinski definition) is 1. The summed E-state index contributed by atoms with van der Waals surface area (Å²) in [5, 5.41) is 0.650. The minimum absolute atomic E-state index is 0.468. The van der Waals surface area contributed by atoms with E-state index in [0.29, 0.717) is 5.56 Å². The molecule has 1 atom stereocenters. The Balaban J connectivity index is 2.71. The number of halogens is 7. The lowest BCUT2D eigenvalue weighted by molar-refractivity contribution is -0.274. The molecule has 0 heterocycles. The molecule has 0 saturated carbocycles. The summed E-state index contributed by atoms with van der Waals surface area (Å²) in [6, 6.07) is 7.93. The van der Waals surface area contributed by atoms with Crippen molar-refractivity contribution in [3.8, 4) is 0 Å². The predicted molar refractivity (Wildman–Crippen MR) is 63.6 cm³/mol. The lowest BCUT2D eigenvalue weighted by atomic mass is 10.1. The third-order valence-electron chi connectivity index (χ3n) is 2.53. The highest BCUT2D eigenvalue weighted by atomic mass is 35.5. The summed E-state index contributed by atoms with van der Waals surface area (Å²) < 4.78 is 73.8. The van der Waals surface area contributed by atoms with E-state index in [2.05, 4.69) is 0 Å². The minimum atomic E-state index is -5.71. The number of benzene rings is 1. The molecule has 0 bridgehead atoms. The van der Waals surface area contributed by atoms with Gasteiger partial charge in [-0.1, -0.05) is 30.3 Å². The first-order chi connectivity index (χ1) is 9.53. The molecule has 0 aliphatic carbocycles. The quantitative estimate of drug-likeness (QED) is 0.658. The van der Waals surface area contributed by atoms with Crippen LogP contribution >= 0.6 is 11.6 Å². The van der Waals surface area contributed by atoms with Gasteiger partial charge in [-0.15, -0.1) is 11.6 Å². The van der Waals surface area contributed by atoms with Crippen LogP contribution in [0.5, 0.6) is 0 Å². The lowest BCUT2D eigenvalue weighted by Crippen LogP contribution is -2.48. The molecule has 2 nitrogen and oxygen atoms in total. The largest absolute Gasteiger partial charge is 0.409 e. The van der Waals surface area contributed by atoms with E-state index in [1.807, 2.05) is 0 Å². The molecule has 1 rings (SSSR count). The van der Waals surface area contributed by atoms with Gasteiger partial charge in [-0.2, -0.15) is 26.3 Å². The van der Waals surface area contributed by atoms with Gasteiger partial charge in [-0.25, -0.2) is 0 Å². The molecular weight excluding hydrogens is 324 g/mol. The van der Waals surface area contributed by atoms with E-state index in [-0.39, 0.29) is 0 Å². The van der Waals surface area contributed by atoms with Gasteiger partial charge in [0.05, 0.1) is 5.38 Å². The van der Waals surface area contributed by atoms with Crippen LogP contribution in [0.15, 0.2) is 30.3 Å². The Morgan fingerprint density at radius 2 is 1.52 bits per heavy atom. The molecule has 0 aliphatic heterocycles. The summed E-state index contributed by atoms with van der Waals surface area (Å²) >= 11 is 5.81. The van der Waals surface area contributed by atoms with Gasteiger partial charge in [-0.05, 0) is 5.56 Å². The molecule has 118 valence electrons. The van der Waals surface area contributed by atoms with Crippen LogP contribution in [0.3, 0.4) is 0 Å². The van der Waals surface area contributed by atoms with Crippen LogP contribution in [0.1, 0.15) is 10.9 Å². The van der Waals surface area contributed by atoms with Crippen molar-refractivity contribution in [3.63, 3.8) is 0 Å². The molecule has 1 aromatic carbocycles. The fraction of sp³-hybridized carbons (Fsp3) is 0.417. The van der Waals surface area contributed by atoms with Gasteiger partial charge < -0.3 is 5.32 Å². The van der Waals surface area contributed by atoms with Crippen LogP contribution in [0.25, 0.3) is 0 Å². The third-order valence-corrected chi connectivity index (χ3v) is 2.94. The summed E-state index contributed by atoms with van der Waals surface area (Å²) in [7, 11) is 0. The van der Waals surface area contributed by atoms with Crippen molar-refractivity contribution < 1.29 is 31.1 Å². The van der Waals surface area contributed by atoms with Gasteiger partial charge in [0.15, 0.2) is 0 Å². The van der Waals surface area contributed by atoms with E-state index in [4.69, 9.17) is 11.6 Å². The van der Waals surface area contributed by atoms with E-state index < -0.39 is 36.1 Å². The molecule has 0 saturated heterocycles. The van der Waals surface area contributed by atoms with E-state index >= 15 is 0 Å². The average molecular weight is 334 g/mol. The molecule has 0 spiro atoms. The third kappa shape index (κ3) is 5.11. The molecule has 1 unspecified atom stereocenters. The van der Waals surface area contributed by atoms with Crippen molar-refractivity contribution in [2.24, 2.45) is 5.92 Å². The van der Waals surface area contributed by atoms with E-state index in [1.165, 1.54) is 12.1 Å².